The second-order valence-corrected chi connectivity index (χ2v) is 6.78. The fourth-order valence-corrected chi connectivity index (χ4v) is 3.63. The van der Waals surface area contributed by atoms with Gasteiger partial charge in [0, 0.05) is 22.5 Å². The highest BCUT2D eigenvalue weighted by Gasteiger charge is 2.33. The van der Waals surface area contributed by atoms with Crippen LogP contribution in [0, 0.1) is 17.6 Å². The molecule has 2 aromatic rings. The van der Waals surface area contributed by atoms with Gasteiger partial charge in [-0.25, -0.2) is 8.78 Å². The SMILES string of the molecule is CC(Cc1c(F)cccc1F)NC(c1cccs1)C1CC1. The van der Waals surface area contributed by atoms with Crippen LogP contribution in [0.25, 0.3) is 0 Å². The monoisotopic (exact) mass is 307 g/mol. The van der Waals surface area contributed by atoms with E-state index in [9.17, 15) is 8.78 Å². The minimum atomic E-state index is -0.456. The number of rotatable bonds is 6. The lowest BCUT2D eigenvalue weighted by Crippen LogP contribution is -2.33. The molecule has 2 atom stereocenters. The van der Waals surface area contributed by atoms with E-state index < -0.39 is 11.6 Å². The van der Waals surface area contributed by atoms with Gasteiger partial charge in [0.25, 0.3) is 0 Å². The van der Waals surface area contributed by atoms with Gasteiger partial charge in [0.1, 0.15) is 11.6 Å². The van der Waals surface area contributed by atoms with Gasteiger partial charge in [-0.3, -0.25) is 0 Å². The summed E-state index contributed by atoms with van der Waals surface area (Å²) in [7, 11) is 0. The molecular formula is C17H19F2NS. The first-order chi connectivity index (χ1) is 10.1. The Balaban J connectivity index is 1.69. The lowest BCUT2D eigenvalue weighted by molar-refractivity contribution is 0.413. The average Bonchev–Trinajstić information content (AvgIpc) is 3.15. The molecule has 0 saturated heterocycles. The van der Waals surface area contributed by atoms with Gasteiger partial charge in [0.05, 0.1) is 0 Å². The van der Waals surface area contributed by atoms with Crippen LogP contribution < -0.4 is 5.32 Å². The Morgan fingerprint density at radius 2 is 1.90 bits per heavy atom. The van der Waals surface area contributed by atoms with Gasteiger partial charge in [0.2, 0.25) is 0 Å². The third kappa shape index (κ3) is 3.50. The van der Waals surface area contributed by atoms with Crippen molar-refractivity contribution in [3.05, 3.63) is 57.8 Å². The number of hydrogen-bond donors (Lipinski definition) is 1. The Hall–Kier alpha value is -1.26. The highest BCUT2D eigenvalue weighted by Crippen LogP contribution is 2.42. The summed E-state index contributed by atoms with van der Waals surface area (Å²) in [4.78, 5) is 1.32. The molecule has 1 aromatic heterocycles. The molecule has 1 nitrogen and oxygen atoms in total. The molecule has 0 amide bonds. The first-order valence-corrected chi connectivity index (χ1v) is 8.25. The largest absolute Gasteiger partial charge is 0.306 e. The maximum absolute atomic E-state index is 13.7. The van der Waals surface area contributed by atoms with Crippen molar-refractivity contribution in [2.45, 2.75) is 38.3 Å². The fraction of sp³-hybridized carbons (Fsp3) is 0.412. The molecule has 1 fully saturated rings. The lowest BCUT2D eigenvalue weighted by Gasteiger charge is -2.23. The molecule has 0 spiro atoms. The number of halogens is 2. The van der Waals surface area contributed by atoms with Gasteiger partial charge >= 0.3 is 0 Å². The van der Waals surface area contributed by atoms with Crippen LogP contribution in [0.5, 0.6) is 0 Å². The maximum atomic E-state index is 13.7. The molecule has 112 valence electrons. The molecule has 1 saturated carbocycles. The number of nitrogens with one attached hydrogen (secondary N) is 1. The Bertz CT molecular complexity index is 573. The van der Waals surface area contributed by atoms with E-state index in [2.05, 4.69) is 22.8 Å². The minimum Gasteiger partial charge on any atom is -0.306 e. The molecule has 0 bridgehead atoms. The van der Waals surface area contributed by atoms with Crippen LogP contribution in [0.15, 0.2) is 35.7 Å². The van der Waals surface area contributed by atoms with Gasteiger partial charge in [-0.2, -0.15) is 0 Å². The Kier molecular flexibility index (Phi) is 4.36. The summed E-state index contributed by atoms with van der Waals surface area (Å²) >= 11 is 1.74. The molecule has 1 heterocycles. The van der Waals surface area contributed by atoms with Crippen LogP contribution in [0.1, 0.15) is 36.2 Å². The molecule has 2 unspecified atom stereocenters. The maximum Gasteiger partial charge on any atom is 0.129 e. The topological polar surface area (TPSA) is 12.0 Å². The second kappa shape index (κ2) is 6.24. The molecule has 3 rings (SSSR count). The average molecular weight is 307 g/mol. The van der Waals surface area contributed by atoms with Crippen LogP contribution in [0.2, 0.25) is 0 Å². The predicted molar refractivity (Wildman–Crippen MR) is 82.4 cm³/mol. The number of thiophene rings is 1. The van der Waals surface area contributed by atoms with E-state index in [1.807, 2.05) is 6.92 Å². The Morgan fingerprint density at radius 1 is 1.19 bits per heavy atom. The van der Waals surface area contributed by atoms with E-state index in [1.165, 1.54) is 35.9 Å². The first kappa shape index (κ1) is 14.7. The van der Waals surface area contributed by atoms with Crippen molar-refractivity contribution < 1.29 is 8.78 Å². The van der Waals surface area contributed by atoms with Crippen molar-refractivity contribution in [3.8, 4) is 0 Å². The van der Waals surface area contributed by atoms with Crippen molar-refractivity contribution in [2.24, 2.45) is 5.92 Å². The van der Waals surface area contributed by atoms with Crippen molar-refractivity contribution in [1.82, 2.24) is 5.32 Å². The third-order valence-corrected chi connectivity index (χ3v) is 4.93. The normalized spacial score (nSPS) is 17.7. The fourth-order valence-electron chi connectivity index (χ4n) is 2.75. The number of benzene rings is 1. The van der Waals surface area contributed by atoms with Crippen molar-refractivity contribution >= 4 is 11.3 Å². The smallest absolute Gasteiger partial charge is 0.129 e. The Morgan fingerprint density at radius 3 is 2.48 bits per heavy atom. The van der Waals surface area contributed by atoms with E-state index in [4.69, 9.17) is 0 Å². The summed E-state index contributed by atoms with van der Waals surface area (Å²) in [6, 6.07) is 8.59. The van der Waals surface area contributed by atoms with E-state index in [0.29, 0.717) is 18.4 Å². The second-order valence-electron chi connectivity index (χ2n) is 5.80. The van der Waals surface area contributed by atoms with Gasteiger partial charge in [0.15, 0.2) is 0 Å². The predicted octanol–water partition coefficient (Wildman–Crippen LogP) is 4.70. The van der Waals surface area contributed by atoms with Crippen molar-refractivity contribution in [3.63, 3.8) is 0 Å². The minimum absolute atomic E-state index is 0.0316. The molecule has 1 aliphatic carbocycles. The van der Waals surface area contributed by atoms with Crippen LogP contribution in [0.4, 0.5) is 8.78 Å². The van der Waals surface area contributed by atoms with Gasteiger partial charge < -0.3 is 5.32 Å². The summed E-state index contributed by atoms with van der Waals surface area (Å²) in [6.07, 6.45) is 2.83. The summed E-state index contributed by atoms with van der Waals surface area (Å²) in [6.45, 7) is 1.99. The van der Waals surface area contributed by atoms with Crippen LogP contribution in [0.3, 0.4) is 0 Å². The highest BCUT2D eigenvalue weighted by molar-refractivity contribution is 7.10. The molecule has 21 heavy (non-hydrogen) atoms. The number of hydrogen-bond acceptors (Lipinski definition) is 2. The molecule has 1 N–H and O–H groups in total. The van der Waals surface area contributed by atoms with E-state index in [-0.39, 0.29) is 11.6 Å². The first-order valence-electron chi connectivity index (χ1n) is 7.37. The molecule has 1 aromatic carbocycles. The highest BCUT2D eigenvalue weighted by atomic mass is 32.1. The zero-order chi connectivity index (χ0) is 14.8. The summed E-state index contributed by atoms with van der Waals surface area (Å²) in [5, 5.41) is 5.64. The molecule has 0 aliphatic heterocycles. The molecular weight excluding hydrogens is 288 g/mol. The van der Waals surface area contributed by atoms with Crippen LogP contribution in [-0.2, 0) is 6.42 Å². The van der Waals surface area contributed by atoms with E-state index >= 15 is 0 Å². The molecule has 1 aliphatic rings. The van der Waals surface area contributed by atoms with Gasteiger partial charge in [-0.1, -0.05) is 12.1 Å². The molecule has 4 heteroatoms. The summed E-state index contributed by atoms with van der Waals surface area (Å²) < 4.78 is 27.5. The van der Waals surface area contributed by atoms with E-state index in [0.717, 1.165) is 0 Å². The van der Waals surface area contributed by atoms with Crippen LogP contribution >= 0.6 is 11.3 Å². The van der Waals surface area contributed by atoms with Gasteiger partial charge in [-0.15, -0.1) is 11.3 Å². The van der Waals surface area contributed by atoms with Crippen molar-refractivity contribution in [2.75, 3.05) is 0 Å². The van der Waals surface area contributed by atoms with E-state index in [1.54, 1.807) is 11.3 Å². The zero-order valence-corrected chi connectivity index (χ0v) is 12.8. The zero-order valence-electron chi connectivity index (χ0n) is 12.0. The van der Waals surface area contributed by atoms with Crippen molar-refractivity contribution in [1.29, 1.82) is 0 Å². The quantitative estimate of drug-likeness (QED) is 0.816. The summed E-state index contributed by atoms with van der Waals surface area (Å²) in [5.74, 6) is -0.248. The summed E-state index contributed by atoms with van der Waals surface area (Å²) in [5.41, 5.74) is 0.179. The Labute approximate surface area is 128 Å². The lowest BCUT2D eigenvalue weighted by atomic mass is 10.0. The van der Waals surface area contributed by atoms with Crippen LogP contribution in [-0.4, -0.2) is 6.04 Å². The standard InChI is InChI=1S/C17H19F2NS/c1-11(10-13-14(18)4-2-5-15(13)19)20-17(12-7-8-12)16-6-3-9-21-16/h2-6,9,11-12,17,20H,7-8,10H2,1H3. The van der Waals surface area contributed by atoms with Gasteiger partial charge in [-0.05, 0) is 55.7 Å². The third-order valence-electron chi connectivity index (χ3n) is 3.98. The molecule has 0 radical (unpaired) electrons.